The van der Waals surface area contributed by atoms with E-state index in [2.05, 4.69) is 20.9 Å². The third-order valence-electron chi connectivity index (χ3n) is 5.57. The fourth-order valence-corrected chi connectivity index (χ4v) is 5.14. The zero-order valence-corrected chi connectivity index (χ0v) is 23.4. The Bertz CT molecular complexity index is 1510. The van der Waals surface area contributed by atoms with E-state index in [1.54, 1.807) is 61.7 Å². The van der Waals surface area contributed by atoms with Gasteiger partial charge in [-0.2, -0.15) is 0 Å². The number of halogens is 1. The van der Waals surface area contributed by atoms with E-state index in [4.69, 9.17) is 14.2 Å². The van der Waals surface area contributed by atoms with Gasteiger partial charge in [-0.1, -0.05) is 12.1 Å². The van der Waals surface area contributed by atoms with Crippen LogP contribution in [0.15, 0.2) is 75.0 Å². The van der Waals surface area contributed by atoms with Gasteiger partial charge in [0.1, 0.15) is 6.61 Å². The van der Waals surface area contributed by atoms with Crippen LogP contribution >= 0.6 is 27.7 Å². The monoisotopic (exact) mass is 611 g/mol. The second-order valence-electron chi connectivity index (χ2n) is 8.16. The molecule has 0 aliphatic carbocycles. The molecule has 0 aromatic heterocycles. The molecule has 0 spiro atoms. The Morgan fingerprint density at radius 3 is 2.56 bits per heavy atom. The maximum absolute atomic E-state index is 12.9. The lowest BCUT2D eigenvalue weighted by Crippen LogP contribution is -2.23. The molecule has 0 radical (unpaired) electrons. The van der Waals surface area contributed by atoms with Crippen molar-refractivity contribution in [1.82, 2.24) is 4.90 Å². The zero-order chi connectivity index (χ0) is 28.1. The maximum atomic E-state index is 12.9. The number of carbonyl (C=O) groups excluding carboxylic acids is 2. The van der Waals surface area contributed by atoms with E-state index in [-0.39, 0.29) is 18.2 Å². The zero-order valence-electron chi connectivity index (χ0n) is 21.0. The molecule has 1 amide bonds. The molecule has 10 nitrogen and oxygen atoms in total. The number of hydrogen-bond acceptors (Lipinski definition) is 9. The number of likely N-dealkylation sites (N-methyl/N-ethyl adjacent to an activating group) is 1. The molecule has 3 aromatic carbocycles. The van der Waals surface area contributed by atoms with Gasteiger partial charge in [-0.3, -0.25) is 19.8 Å². The molecule has 0 saturated carbocycles. The summed E-state index contributed by atoms with van der Waals surface area (Å²) in [6, 6.07) is 16.3. The van der Waals surface area contributed by atoms with Gasteiger partial charge in [0.2, 0.25) is 0 Å². The van der Waals surface area contributed by atoms with Crippen molar-refractivity contribution in [2.45, 2.75) is 6.61 Å². The molecule has 39 heavy (non-hydrogen) atoms. The summed E-state index contributed by atoms with van der Waals surface area (Å²) in [5.41, 5.74) is 2.29. The van der Waals surface area contributed by atoms with Crippen LogP contribution in [0.1, 0.15) is 21.5 Å². The van der Waals surface area contributed by atoms with Crippen molar-refractivity contribution < 1.29 is 28.7 Å². The number of benzene rings is 3. The quantitative estimate of drug-likeness (QED) is 0.132. The molecule has 200 valence electrons. The lowest BCUT2D eigenvalue weighted by atomic mass is 10.1. The number of ether oxygens (including phenoxy) is 3. The molecule has 4 rings (SSSR count). The van der Waals surface area contributed by atoms with Crippen molar-refractivity contribution in [3.63, 3.8) is 0 Å². The molecule has 0 N–H and O–H groups in total. The number of methoxy groups -OCH3 is 2. The minimum absolute atomic E-state index is 0.0195. The average Bonchev–Trinajstić information content (AvgIpc) is 3.19. The van der Waals surface area contributed by atoms with Crippen LogP contribution in [0.25, 0.3) is 6.08 Å². The lowest BCUT2D eigenvalue weighted by molar-refractivity contribution is -0.384. The van der Waals surface area contributed by atoms with Crippen LogP contribution in [0.2, 0.25) is 0 Å². The lowest BCUT2D eigenvalue weighted by Gasteiger charge is -2.14. The molecular weight excluding hydrogens is 590 g/mol. The van der Waals surface area contributed by atoms with Crippen molar-refractivity contribution in [2.24, 2.45) is 4.99 Å². The Labute approximate surface area is 236 Å². The Morgan fingerprint density at radius 2 is 1.90 bits per heavy atom. The summed E-state index contributed by atoms with van der Waals surface area (Å²) in [6.07, 6.45) is 1.73. The fraction of sp³-hybridized carbons (Fsp3) is 0.148. The maximum Gasteiger partial charge on any atom is 0.337 e. The van der Waals surface area contributed by atoms with Crippen LogP contribution in [0.4, 0.5) is 11.4 Å². The second kappa shape index (κ2) is 12.1. The van der Waals surface area contributed by atoms with Crippen LogP contribution in [0.5, 0.6) is 11.5 Å². The van der Waals surface area contributed by atoms with E-state index in [1.807, 2.05) is 0 Å². The predicted molar refractivity (Wildman–Crippen MR) is 151 cm³/mol. The van der Waals surface area contributed by atoms with Gasteiger partial charge in [0.05, 0.1) is 39.8 Å². The first-order valence-corrected chi connectivity index (χ1v) is 13.0. The molecular formula is C27H22BrN3O7S. The number of non-ortho nitro benzene ring substituents is 1. The van der Waals surface area contributed by atoms with Gasteiger partial charge >= 0.3 is 5.97 Å². The number of carbonyl (C=O) groups is 2. The largest absolute Gasteiger partial charge is 0.493 e. The van der Waals surface area contributed by atoms with Crippen LogP contribution in [-0.4, -0.2) is 48.1 Å². The van der Waals surface area contributed by atoms with Crippen LogP contribution < -0.4 is 9.47 Å². The van der Waals surface area contributed by atoms with E-state index in [9.17, 15) is 19.7 Å². The van der Waals surface area contributed by atoms with Crippen LogP contribution in [-0.2, 0) is 16.1 Å². The van der Waals surface area contributed by atoms with Gasteiger partial charge in [-0.25, -0.2) is 9.79 Å². The number of hydrogen-bond donors (Lipinski definition) is 0. The number of nitro groups is 1. The summed E-state index contributed by atoms with van der Waals surface area (Å²) >= 11 is 4.72. The summed E-state index contributed by atoms with van der Waals surface area (Å²) in [4.78, 5) is 41.6. The number of esters is 1. The number of nitrogens with zero attached hydrogens (tertiary/aromatic N) is 3. The Balaban J connectivity index is 1.54. The average molecular weight is 612 g/mol. The highest BCUT2D eigenvalue weighted by atomic mass is 79.9. The third kappa shape index (κ3) is 6.47. The standard InChI is InChI=1S/C27H22BrN3O7S/c1-30-25(32)23(39-27(30)29-19-9-7-18(8-10-19)26(33)37-3)14-17-12-21(28)24(22(13-17)36-2)38-15-16-5-4-6-20(11-16)31(34)35/h4-14H,15H2,1-3H3. The SMILES string of the molecule is COC(=O)c1ccc(N=C2SC(=Cc3cc(Br)c(OCc4cccc([N+](=O)[O-])c4)c(OC)c3)C(=O)N2C)cc1. The Hall–Kier alpha value is -4.16. The van der Waals surface area contributed by atoms with Gasteiger partial charge in [0.15, 0.2) is 16.7 Å². The molecule has 1 fully saturated rings. The van der Waals surface area contributed by atoms with Crippen LogP contribution in [0.3, 0.4) is 0 Å². The number of thioether (sulfide) groups is 1. The van der Waals surface area contributed by atoms with Gasteiger partial charge < -0.3 is 14.2 Å². The number of aliphatic imine (C=N–C) groups is 1. The summed E-state index contributed by atoms with van der Waals surface area (Å²) in [5.74, 6) is 0.186. The van der Waals surface area contributed by atoms with Crippen molar-refractivity contribution in [2.75, 3.05) is 21.3 Å². The summed E-state index contributed by atoms with van der Waals surface area (Å²) in [6.45, 7) is 0.0939. The van der Waals surface area contributed by atoms with E-state index in [0.717, 1.165) is 0 Å². The van der Waals surface area contributed by atoms with Gasteiger partial charge in [-0.05, 0) is 81.3 Å². The number of amidine groups is 1. The first-order chi connectivity index (χ1) is 18.7. The molecule has 1 aliphatic heterocycles. The molecule has 0 bridgehead atoms. The van der Waals surface area contributed by atoms with Crippen LogP contribution in [0, 0.1) is 10.1 Å². The molecule has 3 aromatic rings. The molecule has 12 heteroatoms. The van der Waals surface area contributed by atoms with Gasteiger partial charge in [0, 0.05) is 19.2 Å². The van der Waals surface area contributed by atoms with Crippen molar-refractivity contribution >= 4 is 62.2 Å². The highest BCUT2D eigenvalue weighted by Crippen LogP contribution is 2.39. The predicted octanol–water partition coefficient (Wildman–Crippen LogP) is 5.97. The molecule has 1 aliphatic rings. The number of nitro benzene ring substituents is 1. The van der Waals surface area contributed by atoms with E-state index < -0.39 is 10.9 Å². The number of rotatable bonds is 8. The first-order valence-electron chi connectivity index (χ1n) is 11.4. The minimum Gasteiger partial charge on any atom is -0.493 e. The van der Waals surface area contributed by atoms with E-state index >= 15 is 0 Å². The fourth-order valence-electron chi connectivity index (χ4n) is 3.58. The topological polar surface area (TPSA) is 121 Å². The molecule has 1 saturated heterocycles. The minimum atomic E-state index is -0.459. The second-order valence-corrected chi connectivity index (χ2v) is 10.0. The van der Waals surface area contributed by atoms with Crippen molar-refractivity contribution in [3.05, 3.63) is 96.8 Å². The first kappa shape index (κ1) is 27.9. The normalized spacial score (nSPS) is 15.1. The molecule has 1 heterocycles. The van der Waals surface area contributed by atoms with Crippen molar-refractivity contribution in [1.29, 1.82) is 0 Å². The third-order valence-corrected chi connectivity index (χ3v) is 7.22. The Kier molecular flexibility index (Phi) is 8.67. The summed E-state index contributed by atoms with van der Waals surface area (Å²) < 4.78 is 16.7. The smallest absolute Gasteiger partial charge is 0.337 e. The van der Waals surface area contributed by atoms with Crippen molar-refractivity contribution in [3.8, 4) is 11.5 Å². The molecule has 0 atom stereocenters. The van der Waals surface area contributed by atoms with E-state index in [0.29, 0.717) is 48.4 Å². The van der Waals surface area contributed by atoms with Gasteiger partial charge in [0.25, 0.3) is 11.6 Å². The van der Waals surface area contributed by atoms with E-state index in [1.165, 1.54) is 43.0 Å². The summed E-state index contributed by atoms with van der Waals surface area (Å²) in [5, 5.41) is 11.5. The van der Waals surface area contributed by atoms with Gasteiger partial charge in [-0.15, -0.1) is 0 Å². The summed E-state index contributed by atoms with van der Waals surface area (Å²) in [7, 11) is 4.45. The number of amides is 1. The molecule has 0 unspecified atom stereocenters. The highest BCUT2D eigenvalue weighted by Gasteiger charge is 2.30. The highest BCUT2D eigenvalue weighted by molar-refractivity contribution is 9.10. The Morgan fingerprint density at radius 1 is 1.15 bits per heavy atom.